The molecule has 0 atom stereocenters. The number of hydrogen-bond acceptors (Lipinski definition) is 3. The van der Waals surface area contributed by atoms with E-state index >= 15 is 0 Å². The topological polar surface area (TPSA) is 67.0 Å². The third-order valence-electron chi connectivity index (χ3n) is 3.62. The van der Waals surface area contributed by atoms with Crippen LogP contribution in [0.15, 0.2) is 48.5 Å². The number of carbonyl (C=O) groups is 1. The summed E-state index contributed by atoms with van der Waals surface area (Å²) in [5.74, 6) is 0.478. The Bertz CT molecular complexity index is 889. The second kappa shape index (κ2) is 6.76. The zero-order valence-corrected chi connectivity index (χ0v) is 14.0. The summed E-state index contributed by atoms with van der Waals surface area (Å²) in [5.41, 5.74) is 3.39. The fourth-order valence-electron chi connectivity index (χ4n) is 2.38. The van der Waals surface area contributed by atoms with Crippen molar-refractivity contribution in [2.45, 2.75) is 6.92 Å². The Hall–Kier alpha value is -2.79. The van der Waals surface area contributed by atoms with E-state index in [-0.39, 0.29) is 5.91 Å². The summed E-state index contributed by atoms with van der Waals surface area (Å²) in [6.45, 7) is 1.85. The first-order chi connectivity index (χ1) is 11.6. The molecule has 0 unspecified atom stereocenters. The van der Waals surface area contributed by atoms with Crippen LogP contribution < -0.4 is 10.1 Å². The van der Waals surface area contributed by atoms with Crippen molar-refractivity contribution in [2.75, 3.05) is 12.4 Å². The van der Waals surface area contributed by atoms with Gasteiger partial charge in [0.2, 0.25) is 0 Å². The lowest BCUT2D eigenvalue weighted by molar-refractivity contribution is 0.102. The van der Waals surface area contributed by atoms with Crippen LogP contribution in [-0.4, -0.2) is 23.2 Å². The molecule has 6 heteroatoms. The molecule has 0 aliphatic carbocycles. The van der Waals surface area contributed by atoms with Crippen LogP contribution in [0.3, 0.4) is 0 Å². The van der Waals surface area contributed by atoms with Crippen molar-refractivity contribution >= 4 is 23.2 Å². The number of anilines is 1. The predicted molar refractivity (Wildman–Crippen MR) is 94.7 cm³/mol. The quantitative estimate of drug-likeness (QED) is 0.743. The van der Waals surface area contributed by atoms with E-state index in [2.05, 4.69) is 15.5 Å². The molecule has 3 aromatic rings. The molecule has 0 saturated heterocycles. The molecule has 1 amide bonds. The van der Waals surface area contributed by atoms with E-state index in [4.69, 9.17) is 16.3 Å². The standard InChI is InChI=1S/C18H16ClN3O2/c1-11-16(20-18(23)13-6-3-7-14(19)9-13)17(22-21-11)12-5-4-8-15(10-12)24-2/h3-10H,1-2H3,(H,20,23)(H,21,22). The minimum Gasteiger partial charge on any atom is -0.497 e. The Morgan fingerprint density at radius 2 is 2.00 bits per heavy atom. The van der Waals surface area contributed by atoms with Crippen LogP contribution in [0.4, 0.5) is 5.69 Å². The molecule has 5 nitrogen and oxygen atoms in total. The summed E-state index contributed by atoms with van der Waals surface area (Å²) in [7, 11) is 1.61. The van der Waals surface area contributed by atoms with Crippen LogP contribution in [0.1, 0.15) is 16.1 Å². The number of benzene rings is 2. The van der Waals surface area contributed by atoms with Crippen LogP contribution in [-0.2, 0) is 0 Å². The summed E-state index contributed by atoms with van der Waals surface area (Å²) in [6.07, 6.45) is 0. The number of amides is 1. The first-order valence-electron chi connectivity index (χ1n) is 7.35. The van der Waals surface area contributed by atoms with Gasteiger partial charge in [-0.05, 0) is 37.3 Å². The number of nitrogens with zero attached hydrogens (tertiary/aromatic N) is 1. The molecule has 0 spiro atoms. The second-order valence-corrected chi connectivity index (χ2v) is 5.71. The number of aryl methyl sites for hydroxylation is 1. The first kappa shape index (κ1) is 16.1. The average molecular weight is 342 g/mol. The fourth-order valence-corrected chi connectivity index (χ4v) is 2.57. The lowest BCUT2D eigenvalue weighted by Crippen LogP contribution is -2.12. The summed E-state index contributed by atoms with van der Waals surface area (Å²) in [4.78, 5) is 12.5. The smallest absolute Gasteiger partial charge is 0.255 e. The van der Waals surface area contributed by atoms with Crippen molar-refractivity contribution in [3.8, 4) is 17.0 Å². The third kappa shape index (κ3) is 3.26. The molecular formula is C18H16ClN3O2. The van der Waals surface area contributed by atoms with Crippen LogP contribution in [0.25, 0.3) is 11.3 Å². The fraction of sp³-hybridized carbons (Fsp3) is 0.111. The molecule has 0 saturated carbocycles. The van der Waals surface area contributed by atoms with Crippen LogP contribution in [0.5, 0.6) is 5.75 Å². The van der Waals surface area contributed by atoms with Crippen molar-refractivity contribution in [3.63, 3.8) is 0 Å². The summed E-state index contributed by atoms with van der Waals surface area (Å²) in [6, 6.07) is 14.3. The molecule has 1 aromatic heterocycles. The number of rotatable bonds is 4. The average Bonchev–Trinajstić information content (AvgIpc) is 2.95. The Morgan fingerprint density at radius 1 is 1.21 bits per heavy atom. The van der Waals surface area contributed by atoms with Crippen LogP contribution in [0, 0.1) is 6.92 Å². The maximum Gasteiger partial charge on any atom is 0.255 e. The summed E-state index contributed by atoms with van der Waals surface area (Å²) >= 11 is 5.95. The highest BCUT2D eigenvalue weighted by Gasteiger charge is 2.16. The van der Waals surface area contributed by atoms with Crippen molar-refractivity contribution in [1.29, 1.82) is 0 Å². The van der Waals surface area contributed by atoms with Gasteiger partial charge in [0.05, 0.1) is 18.5 Å². The molecule has 122 valence electrons. The Balaban J connectivity index is 1.94. The molecule has 3 rings (SSSR count). The lowest BCUT2D eigenvalue weighted by Gasteiger charge is -2.08. The maximum absolute atomic E-state index is 12.5. The molecule has 0 radical (unpaired) electrons. The van der Waals surface area contributed by atoms with Gasteiger partial charge in [-0.3, -0.25) is 9.89 Å². The highest BCUT2D eigenvalue weighted by Crippen LogP contribution is 2.31. The van der Waals surface area contributed by atoms with Crippen LogP contribution in [0.2, 0.25) is 5.02 Å². The predicted octanol–water partition coefficient (Wildman–Crippen LogP) is 4.30. The SMILES string of the molecule is COc1cccc(-c2n[nH]c(C)c2NC(=O)c2cccc(Cl)c2)c1. The Kier molecular flexibility index (Phi) is 4.53. The first-order valence-corrected chi connectivity index (χ1v) is 7.72. The molecule has 1 heterocycles. The molecule has 0 aliphatic heterocycles. The van der Waals surface area contributed by atoms with Gasteiger partial charge in [0.15, 0.2) is 0 Å². The van der Waals surface area contributed by atoms with Gasteiger partial charge in [-0.25, -0.2) is 0 Å². The molecular weight excluding hydrogens is 326 g/mol. The second-order valence-electron chi connectivity index (χ2n) is 5.27. The highest BCUT2D eigenvalue weighted by molar-refractivity contribution is 6.31. The van der Waals surface area contributed by atoms with Gasteiger partial charge in [-0.15, -0.1) is 0 Å². The Morgan fingerprint density at radius 3 is 2.75 bits per heavy atom. The van der Waals surface area contributed by atoms with Crippen molar-refractivity contribution < 1.29 is 9.53 Å². The van der Waals surface area contributed by atoms with Crippen molar-refractivity contribution in [3.05, 3.63) is 64.8 Å². The normalized spacial score (nSPS) is 10.5. The number of methoxy groups -OCH3 is 1. The van der Waals surface area contributed by atoms with Crippen molar-refractivity contribution in [2.24, 2.45) is 0 Å². The lowest BCUT2D eigenvalue weighted by atomic mass is 10.1. The van der Waals surface area contributed by atoms with Gasteiger partial charge in [-0.2, -0.15) is 5.10 Å². The molecule has 24 heavy (non-hydrogen) atoms. The maximum atomic E-state index is 12.5. The monoisotopic (exact) mass is 341 g/mol. The number of hydrogen-bond donors (Lipinski definition) is 2. The van der Waals surface area contributed by atoms with Gasteiger partial charge in [0.25, 0.3) is 5.91 Å². The minimum atomic E-state index is -0.244. The van der Waals surface area contributed by atoms with Gasteiger partial charge in [0.1, 0.15) is 11.4 Å². The number of aromatic nitrogens is 2. The van der Waals surface area contributed by atoms with E-state index in [0.29, 0.717) is 22.0 Å². The van der Waals surface area contributed by atoms with Gasteiger partial charge in [0, 0.05) is 16.1 Å². The highest BCUT2D eigenvalue weighted by atomic mass is 35.5. The van der Waals surface area contributed by atoms with E-state index in [9.17, 15) is 4.79 Å². The van der Waals surface area contributed by atoms with Crippen LogP contribution >= 0.6 is 11.6 Å². The van der Waals surface area contributed by atoms with Gasteiger partial charge in [-0.1, -0.05) is 29.8 Å². The Labute approximate surface area is 144 Å². The number of halogens is 1. The summed E-state index contributed by atoms with van der Waals surface area (Å²) < 4.78 is 5.25. The molecule has 0 aliphatic rings. The van der Waals surface area contributed by atoms with E-state index in [1.165, 1.54) is 0 Å². The van der Waals surface area contributed by atoms with E-state index < -0.39 is 0 Å². The largest absolute Gasteiger partial charge is 0.497 e. The number of H-pyrrole nitrogens is 1. The van der Waals surface area contributed by atoms with E-state index in [1.54, 1.807) is 31.4 Å². The summed E-state index contributed by atoms with van der Waals surface area (Å²) in [5, 5.41) is 10.6. The molecule has 0 fully saturated rings. The minimum absolute atomic E-state index is 0.244. The number of ether oxygens (including phenoxy) is 1. The van der Waals surface area contributed by atoms with E-state index in [1.807, 2.05) is 31.2 Å². The number of carbonyl (C=O) groups excluding carboxylic acids is 1. The zero-order valence-electron chi connectivity index (χ0n) is 13.3. The molecule has 2 aromatic carbocycles. The molecule has 2 N–H and O–H groups in total. The molecule has 0 bridgehead atoms. The third-order valence-corrected chi connectivity index (χ3v) is 3.85. The zero-order chi connectivity index (χ0) is 17.1. The van der Waals surface area contributed by atoms with Crippen molar-refractivity contribution in [1.82, 2.24) is 10.2 Å². The van der Waals surface area contributed by atoms with E-state index in [0.717, 1.165) is 17.0 Å². The number of nitrogens with one attached hydrogen (secondary N) is 2. The van der Waals surface area contributed by atoms with Gasteiger partial charge < -0.3 is 10.1 Å². The number of aromatic amines is 1. The van der Waals surface area contributed by atoms with Gasteiger partial charge >= 0.3 is 0 Å².